The molecule has 0 amide bonds. The molecule has 0 bridgehead atoms. The normalized spacial score (nSPS) is 35.7. The molecule has 2 rings (SSSR count). The van der Waals surface area contributed by atoms with Crippen LogP contribution in [0.1, 0.15) is 51.4 Å². The van der Waals surface area contributed by atoms with Gasteiger partial charge in [-0.1, -0.05) is 47.3 Å². The van der Waals surface area contributed by atoms with E-state index in [9.17, 15) is 0 Å². The second kappa shape index (κ2) is 8.30. The minimum atomic E-state index is 0.794. The summed E-state index contributed by atoms with van der Waals surface area (Å²) < 4.78 is 0. The summed E-state index contributed by atoms with van der Waals surface area (Å²) in [6.45, 7) is 0. The van der Waals surface area contributed by atoms with Gasteiger partial charge in [0.05, 0.1) is 0 Å². The fourth-order valence-electron chi connectivity index (χ4n) is 3.70. The highest BCUT2D eigenvalue weighted by molar-refractivity contribution is 8.77. The van der Waals surface area contributed by atoms with Crippen molar-refractivity contribution >= 4 is 21.6 Å². The third kappa shape index (κ3) is 4.56. The third-order valence-corrected chi connectivity index (χ3v) is 8.49. The average molecular weight is 317 g/mol. The van der Waals surface area contributed by atoms with Crippen molar-refractivity contribution in [1.82, 2.24) is 9.80 Å². The second-order valence-corrected chi connectivity index (χ2v) is 9.65. The lowest BCUT2D eigenvalue weighted by atomic mass is 9.94. The summed E-state index contributed by atoms with van der Waals surface area (Å²) in [5, 5.41) is 1.68. The first kappa shape index (κ1) is 17.0. The smallest absolute Gasteiger partial charge is 0.0307 e. The largest absolute Gasteiger partial charge is 0.305 e. The zero-order chi connectivity index (χ0) is 14.5. The maximum absolute atomic E-state index is 2.46. The molecule has 0 N–H and O–H groups in total. The highest BCUT2D eigenvalue weighted by atomic mass is 33.1. The molecule has 0 aromatic heterocycles. The van der Waals surface area contributed by atoms with Gasteiger partial charge in [-0.05, 0) is 53.9 Å². The molecule has 0 aromatic carbocycles. The van der Waals surface area contributed by atoms with Crippen molar-refractivity contribution in [2.75, 3.05) is 28.2 Å². The Morgan fingerprint density at radius 1 is 0.600 bits per heavy atom. The number of hydrogen-bond acceptors (Lipinski definition) is 4. The molecule has 0 aromatic rings. The Kier molecular flexibility index (Phi) is 7.05. The van der Waals surface area contributed by atoms with E-state index in [0.717, 1.165) is 22.6 Å². The van der Waals surface area contributed by atoms with Gasteiger partial charge in [0.15, 0.2) is 0 Å². The van der Waals surface area contributed by atoms with Gasteiger partial charge in [-0.25, -0.2) is 0 Å². The van der Waals surface area contributed by atoms with Crippen LogP contribution in [0.25, 0.3) is 0 Å². The highest BCUT2D eigenvalue weighted by Gasteiger charge is 2.31. The molecular weight excluding hydrogens is 284 g/mol. The molecule has 0 saturated heterocycles. The third-order valence-electron chi connectivity index (χ3n) is 4.96. The van der Waals surface area contributed by atoms with Crippen molar-refractivity contribution in [2.24, 2.45) is 0 Å². The fourth-order valence-corrected chi connectivity index (χ4v) is 7.73. The Balaban J connectivity index is 1.85. The first-order valence-corrected chi connectivity index (χ1v) is 10.5. The predicted octanol–water partition coefficient (Wildman–Crippen LogP) is 4.11. The van der Waals surface area contributed by atoms with E-state index in [4.69, 9.17) is 0 Å². The molecule has 20 heavy (non-hydrogen) atoms. The second-order valence-electron chi connectivity index (χ2n) is 6.90. The van der Waals surface area contributed by atoms with Gasteiger partial charge < -0.3 is 9.80 Å². The zero-order valence-electron chi connectivity index (χ0n) is 13.7. The molecule has 4 atom stereocenters. The Hall–Kier alpha value is 0.620. The Morgan fingerprint density at radius 2 is 0.950 bits per heavy atom. The number of nitrogens with zero attached hydrogens (tertiary/aromatic N) is 2. The molecule has 2 saturated carbocycles. The summed E-state index contributed by atoms with van der Waals surface area (Å²) in [5.74, 6) is 0. The summed E-state index contributed by atoms with van der Waals surface area (Å²) in [5.41, 5.74) is 0. The van der Waals surface area contributed by atoms with Crippen LogP contribution in [0.15, 0.2) is 0 Å². The molecule has 2 aliphatic carbocycles. The molecule has 0 radical (unpaired) electrons. The SMILES string of the molecule is CN(C)[C@@H]1CCCC[C@H]1SS[C@@H]1CCCC[C@H]1N(C)C. The lowest BCUT2D eigenvalue weighted by molar-refractivity contribution is 0.235. The van der Waals surface area contributed by atoms with Crippen molar-refractivity contribution in [1.29, 1.82) is 0 Å². The van der Waals surface area contributed by atoms with E-state index >= 15 is 0 Å². The molecule has 0 aliphatic heterocycles. The Labute approximate surface area is 133 Å². The van der Waals surface area contributed by atoms with Crippen LogP contribution in [0.3, 0.4) is 0 Å². The first-order chi connectivity index (χ1) is 9.59. The van der Waals surface area contributed by atoms with E-state index in [1.807, 2.05) is 0 Å². The minimum Gasteiger partial charge on any atom is -0.305 e. The van der Waals surface area contributed by atoms with Gasteiger partial charge in [-0.3, -0.25) is 0 Å². The van der Waals surface area contributed by atoms with E-state index in [-0.39, 0.29) is 0 Å². The summed E-state index contributed by atoms with van der Waals surface area (Å²) in [7, 11) is 13.5. The van der Waals surface area contributed by atoms with Gasteiger partial charge in [-0.2, -0.15) is 0 Å². The Morgan fingerprint density at radius 3 is 1.30 bits per heavy atom. The molecule has 0 unspecified atom stereocenters. The highest BCUT2D eigenvalue weighted by Crippen LogP contribution is 2.44. The molecule has 0 heterocycles. The lowest BCUT2D eigenvalue weighted by Gasteiger charge is -2.39. The van der Waals surface area contributed by atoms with Crippen LogP contribution in [0.4, 0.5) is 0 Å². The van der Waals surface area contributed by atoms with Crippen LogP contribution in [0.5, 0.6) is 0 Å². The van der Waals surface area contributed by atoms with Crippen LogP contribution < -0.4 is 0 Å². The summed E-state index contributed by atoms with van der Waals surface area (Å²) in [6, 6.07) is 1.59. The van der Waals surface area contributed by atoms with E-state index in [1.165, 1.54) is 51.4 Å². The van der Waals surface area contributed by atoms with Gasteiger partial charge in [-0.15, -0.1) is 0 Å². The van der Waals surface area contributed by atoms with Crippen molar-refractivity contribution in [3.8, 4) is 0 Å². The van der Waals surface area contributed by atoms with Gasteiger partial charge in [0.1, 0.15) is 0 Å². The maximum atomic E-state index is 2.46. The predicted molar refractivity (Wildman–Crippen MR) is 94.6 cm³/mol. The molecule has 2 aliphatic rings. The van der Waals surface area contributed by atoms with E-state index in [2.05, 4.69) is 59.6 Å². The van der Waals surface area contributed by atoms with Crippen molar-refractivity contribution in [3.63, 3.8) is 0 Å². The van der Waals surface area contributed by atoms with Crippen LogP contribution in [-0.4, -0.2) is 60.6 Å². The molecule has 2 fully saturated rings. The lowest BCUT2D eigenvalue weighted by Crippen LogP contribution is -2.41. The molecule has 118 valence electrons. The van der Waals surface area contributed by atoms with E-state index < -0.39 is 0 Å². The standard InChI is InChI=1S/C16H32N2S2/c1-17(2)13-9-5-7-11-15(13)19-20-16-12-8-6-10-14(16)18(3)4/h13-16H,5-12H2,1-4H3/t13-,14-,15-,16-/m1/s1. The average Bonchev–Trinajstić information content (AvgIpc) is 2.45. The quantitative estimate of drug-likeness (QED) is 0.704. The molecule has 0 spiro atoms. The van der Waals surface area contributed by atoms with Crippen LogP contribution in [0, 0.1) is 0 Å². The topological polar surface area (TPSA) is 6.48 Å². The van der Waals surface area contributed by atoms with Crippen molar-refractivity contribution in [3.05, 3.63) is 0 Å². The van der Waals surface area contributed by atoms with Crippen molar-refractivity contribution in [2.45, 2.75) is 74.0 Å². The summed E-state index contributed by atoms with van der Waals surface area (Å²) >= 11 is 0. The van der Waals surface area contributed by atoms with Crippen LogP contribution in [0.2, 0.25) is 0 Å². The molecule has 4 heteroatoms. The summed E-state index contributed by atoms with van der Waals surface area (Å²) in [4.78, 5) is 4.92. The van der Waals surface area contributed by atoms with Crippen LogP contribution >= 0.6 is 21.6 Å². The maximum Gasteiger partial charge on any atom is 0.0307 e. The zero-order valence-corrected chi connectivity index (χ0v) is 15.3. The monoisotopic (exact) mass is 316 g/mol. The van der Waals surface area contributed by atoms with Gasteiger partial charge in [0, 0.05) is 22.6 Å². The van der Waals surface area contributed by atoms with Gasteiger partial charge in [0.25, 0.3) is 0 Å². The first-order valence-electron chi connectivity index (χ1n) is 8.24. The minimum absolute atomic E-state index is 0.794. The molecule has 2 nitrogen and oxygen atoms in total. The van der Waals surface area contributed by atoms with E-state index in [0.29, 0.717) is 0 Å². The van der Waals surface area contributed by atoms with Crippen molar-refractivity contribution < 1.29 is 0 Å². The fraction of sp³-hybridized carbons (Fsp3) is 1.00. The summed E-state index contributed by atoms with van der Waals surface area (Å²) in [6.07, 6.45) is 11.3. The van der Waals surface area contributed by atoms with E-state index in [1.54, 1.807) is 0 Å². The van der Waals surface area contributed by atoms with Crippen LogP contribution in [-0.2, 0) is 0 Å². The molecular formula is C16H32N2S2. The number of hydrogen-bond donors (Lipinski definition) is 0. The Bertz CT molecular complexity index is 256. The number of rotatable bonds is 5. The van der Waals surface area contributed by atoms with Gasteiger partial charge in [0.2, 0.25) is 0 Å². The van der Waals surface area contributed by atoms with Gasteiger partial charge >= 0.3 is 0 Å².